The molecule has 0 aliphatic rings. The first-order chi connectivity index (χ1) is 5.38. The number of quaternary nitrogens is 1. The molecule has 3 nitrogen and oxygen atoms in total. The molecule has 13 heavy (non-hydrogen) atoms. The van der Waals surface area contributed by atoms with Gasteiger partial charge in [0.15, 0.2) is 5.78 Å². The molecule has 0 fully saturated rings. The summed E-state index contributed by atoms with van der Waals surface area (Å²) >= 11 is 0. The third-order valence-corrected chi connectivity index (χ3v) is 1.91. The number of hydrogen-bond donors (Lipinski definition) is 1. The molecular weight excluding hydrogens is 188 g/mol. The van der Waals surface area contributed by atoms with Crippen molar-refractivity contribution in [2.45, 2.75) is 19.0 Å². The van der Waals surface area contributed by atoms with Gasteiger partial charge in [0.25, 0.3) is 0 Å². The van der Waals surface area contributed by atoms with Crippen LogP contribution in [-0.2, 0) is 4.79 Å². The van der Waals surface area contributed by atoms with E-state index in [9.17, 15) is 4.79 Å². The first-order valence-corrected chi connectivity index (χ1v) is 4.10. The standard InChI is InChI=1S/C9H19N2O.ClH/c1-5-8(12)6-7-9(10)11(2,3)4;/h5,9H,1,6-7,10H2,2-4H3;1H/q+1;/p-1. The highest BCUT2D eigenvalue weighted by Crippen LogP contribution is 2.04. The average molecular weight is 207 g/mol. The topological polar surface area (TPSA) is 43.1 Å². The Morgan fingerprint density at radius 1 is 1.54 bits per heavy atom. The van der Waals surface area contributed by atoms with Crippen molar-refractivity contribution in [2.24, 2.45) is 5.73 Å². The van der Waals surface area contributed by atoms with Gasteiger partial charge < -0.3 is 16.9 Å². The Hall–Kier alpha value is -0.380. The molecule has 0 aliphatic carbocycles. The molecule has 0 saturated carbocycles. The monoisotopic (exact) mass is 206 g/mol. The lowest BCUT2D eigenvalue weighted by atomic mass is 10.1. The predicted molar refractivity (Wildman–Crippen MR) is 50.4 cm³/mol. The van der Waals surface area contributed by atoms with Crippen LogP contribution in [0.1, 0.15) is 12.8 Å². The molecule has 0 spiro atoms. The maximum atomic E-state index is 10.9. The van der Waals surface area contributed by atoms with Crippen LogP contribution in [0.25, 0.3) is 0 Å². The van der Waals surface area contributed by atoms with Crippen molar-refractivity contribution in [3.05, 3.63) is 12.7 Å². The van der Waals surface area contributed by atoms with Crippen molar-refractivity contribution >= 4 is 5.78 Å². The van der Waals surface area contributed by atoms with Gasteiger partial charge in [0.2, 0.25) is 0 Å². The summed E-state index contributed by atoms with van der Waals surface area (Å²) in [6.45, 7) is 3.41. The van der Waals surface area contributed by atoms with Gasteiger partial charge in [-0.15, -0.1) is 0 Å². The number of nitrogens with zero attached hydrogens (tertiary/aromatic N) is 1. The Morgan fingerprint density at radius 2 is 2.00 bits per heavy atom. The van der Waals surface area contributed by atoms with E-state index in [0.29, 0.717) is 17.3 Å². The third kappa shape index (κ3) is 6.75. The quantitative estimate of drug-likeness (QED) is 0.308. The summed E-state index contributed by atoms with van der Waals surface area (Å²) in [5, 5.41) is 0. The van der Waals surface area contributed by atoms with Gasteiger partial charge in [-0.3, -0.25) is 10.5 Å². The highest BCUT2D eigenvalue weighted by Gasteiger charge is 2.18. The van der Waals surface area contributed by atoms with Crippen LogP contribution in [0.5, 0.6) is 0 Å². The van der Waals surface area contributed by atoms with Crippen molar-refractivity contribution in [1.82, 2.24) is 0 Å². The van der Waals surface area contributed by atoms with Crippen LogP contribution in [0.3, 0.4) is 0 Å². The number of halogens is 1. The van der Waals surface area contributed by atoms with E-state index in [2.05, 4.69) is 6.58 Å². The molecule has 0 aromatic heterocycles. The van der Waals surface area contributed by atoms with Gasteiger partial charge in [-0.1, -0.05) is 6.58 Å². The second kappa shape index (κ2) is 6.13. The van der Waals surface area contributed by atoms with E-state index in [-0.39, 0.29) is 24.4 Å². The number of nitrogens with two attached hydrogens (primary N) is 1. The fourth-order valence-corrected chi connectivity index (χ4v) is 0.780. The van der Waals surface area contributed by atoms with Crippen molar-refractivity contribution in [3.63, 3.8) is 0 Å². The van der Waals surface area contributed by atoms with Crippen LogP contribution in [0, 0.1) is 0 Å². The van der Waals surface area contributed by atoms with Crippen molar-refractivity contribution in [2.75, 3.05) is 21.1 Å². The zero-order valence-electron chi connectivity index (χ0n) is 8.59. The van der Waals surface area contributed by atoms with Crippen molar-refractivity contribution < 1.29 is 21.7 Å². The number of carbonyl (C=O) groups is 1. The van der Waals surface area contributed by atoms with Crippen LogP contribution in [0.2, 0.25) is 0 Å². The summed E-state index contributed by atoms with van der Waals surface area (Å²) in [7, 11) is 6.05. The van der Waals surface area contributed by atoms with Gasteiger partial charge in [0.05, 0.1) is 21.1 Å². The molecule has 0 aliphatic heterocycles. The fourth-order valence-electron chi connectivity index (χ4n) is 0.780. The minimum absolute atomic E-state index is 0. The first kappa shape index (κ1) is 15.1. The summed E-state index contributed by atoms with van der Waals surface area (Å²) < 4.78 is 0.685. The fraction of sp³-hybridized carbons (Fsp3) is 0.667. The van der Waals surface area contributed by atoms with E-state index < -0.39 is 0 Å². The molecule has 1 atom stereocenters. The van der Waals surface area contributed by atoms with Crippen molar-refractivity contribution in [1.29, 1.82) is 0 Å². The van der Waals surface area contributed by atoms with E-state index >= 15 is 0 Å². The summed E-state index contributed by atoms with van der Waals surface area (Å²) in [6.07, 6.45) is 2.59. The Morgan fingerprint density at radius 3 is 2.31 bits per heavy atom. The Balaban J connectivity index is 0. The summed E-state index contributed by atoms with van der Waals surface area (Å²) in [5.41, 5.74) is 5.84. The van der Waals surface area contributed by atoms with E-state index in [4.69, 9.17) is 5.73 Å². The smallest absolute Gasteiger partial charge is 0.155 e. The maximum Gasteiger partial charge on any atom is 0.155 e. The largest absolute Gasteiger partial charge is 1.00 e. The van der Waals surface area contributed by atoms with Crippen LogP contribution in [0.4, 0.5) is 0 Å². The average Bonchev–Trinajstić information content (AvgIpc) is 1.97. The lowest BCUT2D eigenvalue weighted by Gasteiger charge is -2.30. The van der Waals surface area contributed by atoms with Gasteiger partial charge in [-0.25, -0.2) is 0 Å². The lowest BCUT2D eigenvalue weighted by molar-refractivity contribution is -0.896. The van der Waals surface area contributed by atoms with Gasteiger partial charge in [0.1, 0.15) is 6.17 Å². The molecule has 0 aromatic carbocycles. The van der Waals surface area contributed by atoms with E-state index in [1.807, 2.05) is 21.1 Å². The maximum absolute atomic E-state index is 10.9. The molecule has 0 radical (unpaired) electrons. The predicted octanol–water partition coefficient (Wildman–Crippen LogP) is -2.48. The molecule has 0 aromatic rings. The number of hydrogen-bond acceptors (Lipinski definition) is 2. The lowest BCUT2D eigenvalue weighted by Crippen LogP contribution is -3.00. The van der Waals surface area contributed by atoms with E-state index in [1.165, 1.54) is 6.08 Å². The SMILES string of the molecule is C=CC(=O)CCC(N)[N+](C)(C)C.[Cl-]. The summed E-state index contributed by atoms with van der Waals surface area (Å²) in [5.74, 6) is 0.0684. The van der Waals surface area contributed by atoms with Crippen molar-refractivity contribution in [3.8, 4) is 0 Å². The van der Waals surface area contributed by atoms with E-state index in [0.717, 1.165) is 0 Å². The number of ketones is 1. The first-order valence-electron chi connectivity index (χ1n) is 4.10. The number of carbonyl (C=O) groups excluding carboxylic acids is 1. The van der Waals surface area contributed by atoms with Crippen LogP contribution < -0.4 is 18.1 Å². The second-order valence-corrected chi connectivity index (χ2v) is 3.89. The van der Waals surface area contributed by atoms with Gasteiger partial charge in [-0.05, 0) is 6.08 Å². The minimum Gasteiger partial charge on any atom is -1.00 e. The Bertz CT molecular complexity index is 175. The molecule has 0 amide bonds. The highest BCUT2D eigenvalue weighted by molar-refractivity contribution is 5.88. The number of rotatable bonds is 5. The van der Waals surface area contributed by atoms with E-state index in [1.54, 1.807) is 0 Å². The zero-order chi connectivity index (χ0) is 9.78. The molecule has 0 saturated heterocycles. The van der Waals surface area contributed by atoms with Crippen LogP contribution in [0.15, 0.2) is 12.7 Å². The normalized spacial score (nSPS) is 12.9. The minimum atomic E-state index is 0. The molecule has 2 N–H and O–H groups in total. The van der Waals surface area contributed by atoms with Crippen LogP contribution >= 0.6 is 0 Å². The highest BCUT2D eigenvalue weighted by atomic mass is 35.5. The Labute approximate surface area is 86.6 Å². The molecule has 0 bridgehead atoms. The third-order valence-electron chi connectivity index (χ3n) is 1.91. The summed E-state index contributed by atoms with van der Waals surface area (Å²) in [6, 6.07) is 0. The summed E-state index contributed by atoms with van der Waals surface area (Å²) in [4.78, 5) is 10.9. The van der Waals surface area contributed by atoms with Gasteiger partial charge in [-0.2, -0.15) is 0 Å². The Kier molecular flexibility index (Phi) is 7.13. The molecule has 0 heterocycles. The molecular formula is C9H19ClN2O. The molecule has 1 unspecified atom stereocenters. The molecule has 0 rings (SSSR count). The van der Waals surface area contributed by atoms with Gasteiger partial charge in [0, 0.05) is 12.8 Å². The molecule has 78 valence electrons. The molecule has 4 heteroatoms. The second-order valence-electron chi connectivity index (χ2n) is 3.89. The van der Waals surface area contributed by atoms with Crippen LogP contribution in [-0.4, -0.2) is 37.6 Å². The zero-order valence-corrected chi connectivity index (χ0v) is 9.34. The van der Waals surface area contributed by atoms with Gasteiger partial charge >= 0.3 is 0 Å². The number of allylic oxidation sites excluding steroid dienone is 1.